The van der Waals surface area contributed by atoms with Gasteiger partial charge in [-0.25, -0.2) is 0 Å². The predicted octanol–water partition coefficient (Wildman–Crippen LogP) is 1.80. The maximum absolute atomic E-state index is 5.74. The van der Waals surface area contributed by atoms with Crippen LogP contribution in [0.2, 0.25) is 0 Å². The molecule has 0 aromatic rings. The second-order valence-electron chi connectivity index (χ2n) is 3.96. The summed E-state index contributed by atoms with van der Waals surface area (Å²) in [5, 5.41) is 3.34. The third-order valence-corrected chi connectivity index (χ3v) is 2.97. The first-order chi connectivity index (χ1) is 6.79. The molecular weight excluding hydrogens is 174 g/mol. The Balaban J connectivity index is 2.38. The average Bonchev–Trinajstić information content (AvgIpc) is 2.60. The molecule has 3 atom stereocenters. The van der Waals surface area contributed by atoms with Crippen LogP contribution in [0.5, 0.6) is 0 Å². The van der Waals surface area contributed by atoms with Crippen LogP contribution in [0.4, 0.5) is 0 Å². The van der Waals surface area contributed by atoms with Crippen molar-refractivity contribution in [1.82, 2.24) is 5.32 Å². The molecule has 0 aliphatic carbocycles. The highest BCUT2D eigenvalue weighted by Gasteiger charge is 2.30. The van der Waals surface area contributed by atoms with Crippen molar-refractivity contribution >= 4 is 0 Å². The molecule has 0 aromatic heterocycles. The summed E-state index contributed by atoms with van der Waals surface area (Å²) in [4.78, 5) is 0. The first-order valence-electron chi connectivity index (χ1n) is 5.48. The van der Waals surface area contributed by atoms with Crippen LogP contribution < -0.4 is 5.32 Å². The van der Waals surface area contributed by atoms with Crippen LogP contribution in [0, 0.1) is 17.8 Å². The Kier molecular flexibility index (Phi) is 5.00. The SMILES string of the molecule is CC#CCCC(NC)C1OCCC1C. The summed E-state index contributed by atoms with van der Waals surface area (Å²) in [5.41, 5.74) is 0. The Morgan fingerprint density at radius 2 is 2.36 bits per heavy atom. The van der Waals surface area contributed by atoms with Gasteiger partial charge in [0.15, 0.2) is 0 Å². The maximum Gasteiger partial charge on any atom is 0.0754 e. The third kappa shape index (κ3) is 3.01. The Morgan fingerprint density at radius 1 is 1.57 bits per heavy atom. The van der Waals surface area contributed by atoms with E-state index in [0.717, 1.165) is 19.4 Å². The van der Waals surface area contributed by atoms with E-state index in [-0.39, 0.29) is 0 Å². The molecule has 1 rings (SSSR count). The van der Waals surface area contributed by atoms with Crippen LogP contribution in [-0.2, 0) is 4.74 Å². The van der Waals surface area contributed by atoms with Crippen LogP contribution in [0.3, 0.4) is 0 Å². The summed E-state index contributed by atoms with van der Waals surface area (Å²) >= 11 is 0. The van der Waals surface area contributed by atoms with E-state index in [1.54, 1.807) is 0 Å². The molecule has 80 valence electrons. The average molecular weight is 195 g/mol. The van der Waals surface area contributed by atoms with Gasteiger partial charge in [0.25, 0.3) is 0 Å². The molecule has 1 aliphatic rings. The number of ether oxygens (including phenoxy) is 1. The molecule has 3 unspecified atom stereocenters. The van der Waals surface area contributed by atoms with Crippen molar-refractivity contribution in [2.45, 2.75) is 45.3 Å². The summed E-state index contributed by atoms with van der Waals surface area (Å²) in [7, 11) is 2.01. The van der Waals surface area contributed by atoms with Gasteiger partial charge in [0.05, 0.1) is 6.10 Å². The molecule has 0 amide bonds. The molecule has 2 heteroatoms. The molecule has 1 fully saturated rings. The highest BCUT2D eigenvalue weighted by molar-refractivity contribution is 4.96. The normalized spacial score (nSPS) is 28.2. The smallest absolute Gasteiger partial charge is 0.0754 e. The fraction of sp³-hybridized carbons (Fsp3) is 0.833. The zero-order valence-corrected chi connectivity index (χ0v) is 9.47. The molecule has 1 aliphatic heterocycles. The molecule has 14 heavy (non-hydrogen) atoms. The first kappa shape index (κ1) is 11.6. The summed E-state index contributed by atoms with van der Waals surface area (Å²) in [5.74, 6) is 6.72. The van der Waals surface area contributed by atoms with Crippen molar-refractivity contribution in [2.75, 3.05) is 13.7 Å². The second kappa shape index (κ2) is 6.06. The Labute approximate surface area is 87.4 Å². The standard InChI is InChI=1S/C12H21NO/c1-4-5-6-7-11(13-3)12-10(2)8-9-14-12/h10-13H,6-9H2,1-3H3. The molecule has 0 aromatic carbocycles. The summed E-state index contributed by atoms with van der Waals surface area (Å²) in [6.07, 6.45) is 3.64. The number of rotatable bonds is 4. The quantitative estimate of drug-likeness (QED) is 0.691. The van der Waals surface area contributed by atoms with E-state index in [9.17, 15) is 0 Å². The lowest BCUT2D eigenvalue weighted by Gasteiger charge is -2.25. The summed E-state index contributed by atoms with van der Waals surface area (Å²) in [6.45, 7) is 5.08. The zero-order chi connectivity index (χ0) is 10.4. The van der Waals surface area contributed by atoms with Crippen molar-refractivity contribution < 1.29 is 4.74 Å². The zero-order valence-electron chi connectivity index (χ0n) is 9.47. The monoisotopic (exact) mass is 195 g/mol. The first-order valence-corrected chi connectivity index (χ1v) is 5.48. The minimum Gasteiger partial charge on any atom is -0.376 e. The van der Waals surface area contributed by atoms with E-state index in [2.05, 4.69) is 24.1 Å². The van der Waals surface area contributed by atoms with Crippen molar-refractivity contribution in [3.63, 3.8) is 0 Å². The van der Waals surface area contributed by atoms with Gasteiger partial charge in [0.1, 0.15) is 0 Å². The van der Waals surface area contributed by atoms with E-state index in [0.29, 0.717) is 18.1 Å². The molecule has 0 spiro atoms. The topological polar surface area (TPSA) is 21.3 Å². The number of hydrogen-bond donors (Lipinski definition) is 1. The molecule has 0 saturated carbocycles. The molecule has 2 nitrogen and oxygen atoms in total. The fourth-order valence-corrected chi connectivity index (χ4v) is 2.06. The van der Waals surface area contributed by atoms with Gasteiger partial charge in [0.2, 0.25) is 0 Å². The van der Waals surface area contributed by atoms with E-state index >= 15 is 0 Å². The second-order valence-corrected chi connectivity index (χ2v) is 3.96. The van der Waals surface area contributed by atoms with E-state index in [1.165, 1.54) is 6.42 Å². The molecule has 0 bridgehead atoms. The van der Waals surface area contributed by atoms with Crippen molar-refractivity contribution in [3.8, 4) is 11.8 Å². The van der Waals surface area contributed by atoms with Crippen LogP contribution >= 0.6 is 0 Å². The Morgan fingerprint density at radius 3 is 2.86 bits per heavy atom. The van der Waals surface area contributed by atoms with Crippen LogP contribution in [0.1, 0.15) is 33.1 Å². The number of likely N-dealkylation sites (N-methyl/N-ethyl adjacent to an activating group) is 1. The number of nitrogens with one attached hydrogen (secondary N) is 1. The van der Waals surface area contributed by atoms with Gasteiger partial charge < -0.3 is 10.1 Å². The fourth-order valence-electron chi connectivity index (χ4n) is 2.06. The van der Waals surface area contributed by atoms with Gasteiger partial charge in [-0.2, -0.15) is 0 Å². The van der Waals surface area contributed by atoms with Gasteiger partial charge in [-0.1, -0.05) is 6.92 Å². The van der Waals surface area contributed by atoms with Gasteiger partial charge in [0, 0.05) is 19.1 Å². The van der Waals surface area contributed by atoms with Crippen molar-refractivity contribution in [1.29, 1.82) is 0 Å². The predicted molar refractivity (Wildman–Crippen MR) is 59.1 cm³/mol. The minimum absolute atomic E-state index is 0.388. The van der Waals surface area contributed by atoms with E-state index in [1.807, 2.05) is 14.0 Å². The van der Waals surface area contributed by atoms with Gasteiger partial charge in [-0.05, 0) is 32.7 Å². The summed E-state index contributed by atoms with van der Waals surface area (Å²) < 4.78 is 5.74. The Bertz CT molecular complexity index is 216. The summed E-state index contributed by atoms with van der Waals surface area (Å²) in [6, 6.07) is 0.466. The van der Waals surface area contributed by atoms with Crippen molar-refractivity contribution in [2.24, 2.45) is 5.92 Å². The molecule has 1 N–H and O–H groups in total. The Hall–Kier alpha value is -0.520. The number of hydrogen-bond acceptors (Lipinski definition) is 2. The van der Waals surface area contributed by atoms with E-state index < -0.39 is 0 Å². The molecular formula is C12H21NO. The molecule has 0 radical (unpaired) electrons. The molecule has 1 saturated heterocycles. The van der Waals surface area contributed by atoms with Gasteiger partial charge in [-0.3, -0.25) is 0 Å². The minimum atomic E-state index is 0.388. The molecule has 1 heterocycles. The highest BCUT2D eigenvalue weighted by Crippen LogP contribution is 2.24. The highest BCUT2D eigenvalue weighted by atomic mass is 16.5. The van der Waals surface area contributed by atoms with Crippen LogP contribution in [0.15, 0.2) is 0 Å². The van der Waals surface area contributed by atoms with Crippen LogP contribution in [-0.4, -0.2) is 25.8 Å². The lowest BCUT2D eigenvalue weighted by Crippen LogP contribution is -2.40. The van der Waals surface area contributed by atoms with E-state index in [4.69, 9.17) is 4.74 Å². The van der Waals surface area contributed by atoms with Gasteiger partial charge in [-0.15, -0.1) is 11.8 Å². The van der Waals surface area contributed by atoms with Crippen LogP contribution in [0.25, 0.3) is 0 Å². The van der Waals surface area contributed by atoms with Crippen molar-refractivity contribution in [3.05, 3.63) is 0 Å². The van der Waals surface area contributed by atoms with Gasteiger partial charge >= 0.3 is 0 Å². The third-order valence-electron chi connectivity index (χ3n) is 2.97. The lowest BCUT2D eigenvalue weighted by molar-refractivity contribution is 0.0611. The largest absolute Gasteiger partial charge is 0.376 e. The lowest BCUT2D eigenvalue weighted by atomic mass is 9.95. The maximum atomic E-state index is 5.74.